The quantitative estimate of drug-likeness (QED) is 0.421. The maximum absolute atomic E-state index is 12.8. The highest BCUT2D eigenvalue weighted by molar-refractivity contribution is 6.03. The van der Waals surface area contributed by atoms with Gasteiger partial charge < -0.3 is 19.2 Å². The first kappa shape index (κ1) is 21.1. The third-order valence-corrected chi connectivity index (χ3v) is 4.51. The number of esters is 1. The Bertz CT molecular complexity index is 995. The van der Waals surface area contributed by atoms with Gasteiger partial charge in [-0.2, -0.15) is 0 Å². The van der Waals surface area contributed by atoms with Crippen LogP contribution in [-0.2, 0) is 11.3 Å². The van der Waals surface area contributed by atoms with Crippen molar-refractivity contribution in [2.24, 2.45) is 0 Å². The van der Waals surface area contributed by atoms with Crippen molar-refractivity contribution < 1.29 is 23.5 Å². The fraction of sp³-hybridized carbons (Fsp3) is 0.261. The zero-order valence-electron chi connectivity index (χ0n) is 17.0. The SMILES string of the molecule is CCCCOc1ccc(CNC(=O)c2ccccc2-c2ocnc2C(=O)OC)cc1. The predicted octanol–water partition coefficient (Wildman–Crippen LogP) is 4.24. The number of benzene rings is 2. The highest BCUT2D eigenvalue weighted by Crippen LogP contribution is 2.27. The maximum Gasteiger partial charge on any atom is 0.360 e. The third kappa shape index (κ3) is 5.05. The van der Waals surface area contributed by atoms with Crippen LogP contribution in [0.4, 0.5) is 0 Å². The van der Waals surface area contributed by atoms with Gasteiger partial charge in [-0.25, -0.2) is 9.78 Å². The van der Waals surface area contributed by atoms with E-state index in [0.29, 0.717) is 24.3 Å². The van der Waals surface area contributed by atoms with Crippen molar-refractivity contribution >= 4 is 11.9 Å². The average molecular weight is 408 g/mol. The van der Waals surface area contributed by atoms with Crippen molar-refractivity contribution in [1.29, 1.82) is 0 Å². The molecule has 1 N–H and O–H groups in total. The number of nitrogens with one attached hydrogen (secondary N) is 1. The maximum atomic E-state index is 12.8. The lowest BCUT2D eigenvalue weighted by Gasteiger charge is -2.10. The van der Waals surface area contributed by atoms with Gasteiger partial charge in [0.2, 0.25) is 0 Å². The monoisotopic (exact) mass is 408 g/mol. The summed E-state index contributed by atoms with van der Waals surface area (Å²) in [4.78, 5) is 28.6. The fourth-order valence-corrected chi connectivity index (χ4v) is 2.87. The number of amides is 1. The lowest BCUT2D eigenvalue weighted by molar-refractivity contribution is 0.0595. The third-order valence-electron chi connectivity index (χ3n) is 4.51. The molecule has 156 valence electrons. The Morgan fingerprint density at radius 3 is 2.60 bits per heavy atom. The number of hydrogen-bond donors (Lipinski definition) is 1. The van der Waals surface area contributed by atoms with Crippen LogP contribution in [0.15, 0.2) is 59.3 Å². The molecule has 3 aromatic rings. The fourth-order valence-electron chi connectivity index (χ4n) is 2.87. The minimum absolute atomic E-state index is 0.0245. The van der Waals surface area contributed by atoms with E-state index in [2.05, 4.69) is 17.2 Å². The molecule has 7 nitrogen and oxygen atoms in total. The Morgan fingerprint density at radius 1 is 1.10 bits per heavy atom. The van der Waals surface area contributed by atoms with E-state index in [-0.39, 0.29) is 17.4 Å². The smallest absolute Gasteiger partial charge is 0.360 e. The van der Waals surface area contributed by atoms with Crippen molar-refractivity contribution in [3.8, 4) is 17.1 Å². The van der Waals surface area contributed by atoms with Gasteiger partial charge in [0.25, 0.3) is 5.91 Å². The molecule has 1 aromatic heterocycles. The van der Waals surface area contributed by atoms with E-state index in [1.807, 2.05) is 24.3 Å². The van der Waals surface area contributed by atoms with Crippen LogP contribution in [0.25, 0.3) is 11.3 Å². The van der Waals surface area contributed by atoms with Crippen molar-refractivity contribution in [2.45, 2.75) is 26.3 Å². The summed E-state index contributed by atoms with van der Waals surface area (Å²) >= 11 is 0. The zero-order valence-corrected chi connectivity index (χ0v) is 17.0. The number of ether oxygens (including phenoxy) is 2. The van der Waals surface area contributed by atoms with Crippen LogP contribution in [0.3, 0.4) is 0 Å². The van der Waals surface area contributed by atoms with Crippen LogP contribution >= 0.6 is 0 Å². The Hall–Kier alpha value is -3.61. The van der Waals surface area contributed by atoms with Crippen molar-refractivity contribution in [1.82, 2.24) is 10.3 Å². The first-order chi connectivity index (χ1) is 14.6. The number of aromatic nitrogens is 1. The van der Waals surface area contributed by atoms with Crippen LogP contribution in [0, 0.1) is 0 Å². The van der Waals surface area contributed by atoms with E-state index in [1.54, 1.807) is 24.3 Å². The molecule has 0 aliphatic rings. The number of oxazole rings is 1. The summed E-state index contributed by atoms with van der Waals surface area (Å²) in [7, 11) is 1.26. The highest BCUT2D eigenvalue weighted by atomic mass is 16.5. The molecule has 0 fully saturated rings. The molecule has 0 saturated heterocycles. The highest BCUT2D eigenvalue weighted by Gasteiger charge is 2.23. The molecule has 1 amide bonds. The topological polar surface area (TPSA) is 90.7 Å². The van der Waals surface area contributed by atoms with Gasteiger partial charge in [-0.1, -0.05) is 43.7 Å². The molecule has 2 aromatic carbocycles. The van der Waals surface area contributed by atoms with Gasteiger partial charge in [0.05, 0.1) is 19.3 Å². The first-order valence-electron chi connectivity index (χ1n) is 9.75. The minimum atomic E-state index is -0.629. The lowest BCUT2D eigenvalue weighted by atomic mass is 10.0. The number of unbranched alkanes of at least 4 members (excludes halogenated alkanes) is 1. The number of rotatable bonds is 9. The van der Waals surface area contributed by atoms with Crippen LogP contribution < -0.4 is 10.1 Å². The summed E-state index contributed by atoms with van der Waals surface area (Å²) in [5, 5.41) is 2.89. The van der Waals surface area contributed by atoms with Gasteiger partial charge in [0.15, 0.2) is 17.8 Å². The van der Waals surface area contributed by atoms with Crippen LogP contribution in [0.2, 0.25) is 0 Å². The van der Waals surface area contributed by atoms with Crippen molar-refractivity contribution in [3.63, 3.8) is 0 Å². The molecule has 0 aliphatic carbocycles. The molecule has 0 saturated carbocycles. The number of carbonyl (C=O) groups excluding carboxylic acids is 2. The summed E-state index contributed by atoms with van der Waals surface area (Å²) in [5.41, 5.74) is 1.81. The normalized spacial score (nSPS) is 10.5. The molecule has 0 bridgehead atoms. The van der Waals surface area contributed by atoms with Crippen LogP contribution in [0.1, 0.15) is 46.2 Å². The van der Waals surface area contributed by atoms with E-state index in [4.69, 9.17) is 13.9 Å². The summed E-state index contributed by atoms with van der Waals surface area (Å²) in [6.07, 6.45) is 3.25. The summed E-state index contributed by atoms with van der Waals surface area (Å²) < 4.78 is 15.8. The zero-order chi connectivity index (χ0) is 21.3. The molecular formula is C23H24N2O5. The average Bonchev–Trinajstić information content (AvgIpc) is 3.28. The van der Waals surface area contributed by atoms with Gasteiger partial charge in [-0.05, 0) is 30.2 Å². The number of methoxy groups -OCH3 is 1. The van der Waals surface area contributed by atoms with E-state index < -0.39 is 5.97 Å². The lowest BCUT2D eigenvalue weighted by Crippen LogP contribution is -2.23. The molecule has 0 atom stereocenters. The number of carbonyl (C=O) groups is 2. The van der Waals surface area contributed by atoms with Crippen LogP contribution in [-0.4, -0.2) is 30.6 Å². The van der Waals surface area contributed by atoms with Gasteiger partial charge in [0.1, 0.15) is 5.75 Å². The second-order valence-corrected chi connectivity index (χ2v) is 6.60. The molecule has 7 heteroatoms. The van der Waals surface area contributed by atoms with Gasteiger partial charge in [0, 0.05) is 12.1 Å². The number of nitrogens with zero attached hydrogens (tertiary/aromatic N) is 1. The van der Waals surface area contributed by atoms with Crippen molar-refractivity contribution in [3.05, 3.63) is 71.7 Å². The standard InChI is InChI=1S/C23H24N2O5/c1-3-4-13-29-17-11-9-16(10-12-17)14-24-22(26)19-8-6-5-7-18(19)21-20(23(27)28-2)25-15-30-21/h5-12,15H,3-4,13-14H2,1-2H3,(H,24,26). The molecule has 0 spiro atoms. The molecule has 0 aliphatic heterocycles. The first-order valence-corrected chi connectivity index (χ1v) is 9.75. The predicted molar refractivity (Wildman–Crippen MR) is 111 cm³/mol. The molecule has 3 rings (SSSR count). The van der Waals surface area contributed by atoms with Gasteiger partial charge in [-0.3, -0.25) is 4.79 Å². The molecule has 0 unspecified atom stereocenters. The Morgan fingerprint density at radius 2 is 1.87 bits per heavy atom. The van der Waals surface area contributed by atoms with E-state index in [9.17, 15) is 9.59 Å². The van der Waals surface area contributed by atoms with Crippen LogP contribution in [0.5, 0.6) is 5.75 Å². The Balaban J connectivity index is 1.70. The van der Waals surface area contributed by atoms with E-state index in [1.165, 1.54) is 7.11 Å². The molecular weight excluding hydrogens is 384 g/mol. The van der Waals surface area contributed by atoms with Gasteiger partial charge in [-0.15, -0.1) is 0 Å². The summed E-state index contributed by atoms with van der Waals surface area (Å²) in [6.45, 7) is 3.16. The second kappa shape index (κ2) is 10.2. The molecule has 0 radical (unpaired) electrons. The Kier molecular flexibility index (Phi) is 7.21. The molecule has 30 heavy (non-hydrogen) atoms. The molecule has 1 heterocycles. The Labute approximate surface area is 175 Å². The summed E-state index contributed by atoms with van der Waals surface area (Å²) in [6, 6.07) is 14.5. The second-order valence-electron chi connectivity index (χ2n) is 6.60. The number of hydrogen-bond acceptors (Lipinski definition) is 6. The summed E-state index contributed by atoms with van der Waals surface area (Å²) in [5.74, 6) is 0.0852. The van der Waals surface area contributed by atoms with E-state index >= 15 is 0 Å². The minimum Gasteiger partial charge on any atom is -0.494 e. The van der Waals surface area contributed by atoms with Crippen molar-refractivity contribution in [2.75, 3.05) is 13.7 Å². The largest absolute Gasteiger partial charge is 0.494 e. The van der Waals surface area contributed by atoms with E-state index in [0.717, 1.165) is 30.5 Å². The van der Waals surface area contributed by atoms with Gasteiger partial charge >= 0.3 is 5.97 Å².